The maximum atomic E-state index is 12.0. The van der Waals surface area contributed by atoms with E-state index in [1.807, 2.05) is 12.1 Å². The van der Waals surface area contributed by atoms with Gasteiger partial charge >= 0.3 is 0 Å². The van der Waals surface area contributed by atoms with Gasteiger partial charge in [0.1, 0.15) is 5.76 Å². The fraction of sp³-hybridized carbons (Fsp3) is 0.333. The summed E-state index contributed by atoms with van der Waals surface area (Å²) >= 11 is 5.94. The predicted octanol–water partition coefficient (Wildman–Crippen LogP) is 3.07. The number of nitrogens with zero attached hydrogens (tertiary/aromatic N) is 1. The first-order valence-corrected chi connectivity index (χ1v) is 7.00. The summed E-state index contributed by atoms with van der Waals surface area (Å²) < 4.78 is 10.5. The van der Waals surface area contributed by atoms with E-state index in [2.05, 4.69) is 10.3 Å². The fourth-order valence-corrected chi connectivity index (χ4v) is 2.04. The molecule has 0 unspecified atom stereocenters. The lowest BCUT2D eigenvalue weighted by atomic mass is 10.2. The third-order valence-electron chi connectivity index (χ3n) is 2.89. The highest BCUT2D eigenvalue weighted by molar-refractivity contribution is 6.30. The number of nitrogens with one attached hydrogen (secondary N) is 1. The maximum absolute atomic E-state index is 12.0. The Balaban J connectivity index is 2.10. The SMILES string of the molecule is COCCCNC(=O)c1nc(-c2cccc(Cl)c2)oc1C. The molecule has 0 aliphatic carbocycles. The number of amides is 1. The molecule has 0 saturated carbocycles. The van der Waals surface area contributed by atoms with E-state index >= 15 is 0 Å². The normalized spacial score (nSPS) is 10.6. The summed E-state index contributed by atoms with van der Waals surface area (Å²) in [6.45, 7) is 2.85. The lowest BCUT2D eigenvalue weighted by Crippen LogP contribution is -2.26. The van der Waals surface area contributed by atoms with E-state index in [4.69, 9.17) is 20.8 Å². The predicted molar refractivity (Wildman–Crippen MR) is 80.5 cm³/mol. The second-order valence-corrected chi connectivity index (χ2v) is 4.97. The van der Waals surface area contributed by atoms with Crippen LogP contribution in [0.2, 0.25) is 5.02 Å². The lowest BCUT2D eigenvalue weighted by molar-refractivity contribution is 0.0943. The molecule has 0 spiro atoms. The molecule has 6 heteroatoms. The Kier molecular flexibility index (Phi) is 5.36. The molecule has 0 aliphatic rings. The summed E-state index contributed by atoms with van der Waals surface area (Å²) in [5.74, 6) is 0.617. The topological polar surface area (TPSA) is 64.4 Å². The van der Waals surface area contributed by atoms with Gasteiger partial charge in [0.25, 0.3) is 5.91 Å². The number of rotatable bonds is 6. The third-order valence-corrected chi connectivity index (χ3v) is 3.13. The number of carbonyl (C=O) groups is 1. The number of hydrogen-bond acceptors (Lipinski definition) is 4. The maximum Gasteiger partial charge on any atom is 0.273 e. The van der Waals surface area contributed by atoms with Crippen LogP contribution in [0.4, 0.5) is 0 Å². The lowest BCUT2D eigenvalue weighted by Gasteiger charge is -2.02. The summed E-state index contributed by atoms with van der Waals surface area (Å²) in [5, 5.41) is 3.37. The van der Waals surface area contributed by atoms with Crippen molar-refractivity contribution in [2.75, 3.05) is 20.3 Å². The second kappa shape index (κ2) is 7.24. The van der Waals surface area contributed by atoms with Crippen molar-refractivity contribution >= 4 is 17.5 Å². The number of benzene rings is 1. The summed E-state index contributed by atoms with van der Waals surface area (Å²) in [4.78, 5) is 16.3. The van der Waals surface area contributed by atoms with E-state index in [0.29, 0.717) is 35.5 Å². The summed E-state index contributed by atoms with van der Waals surface area (Å²) in [6.07, 6.45) is 0.750. The van der Waals surface area contributed by atoms with Gasteiger partial charge in [0.2, 0.25) is 5.89 Å². The molecule has 0 fully saturated rings. The van der Waals surface area contributed by atoms with Crippen molar-refractivity contribution in [1.82, 2.24) is 10.3 Å². The molecular formula is C15H17ClN2O3. The van der Waals surface area contributed by atoms with Crippen molar-refractivity contribution in [1.29, 1.82) is 0 Å². The van der Waals surface area contributed by atoms with Crippen LogP contribution in [0.3, 0.4) is 0 Å². The molecule has 21 heavy (non-hydrogen) atoms. The molecule has 0 radical (unpaired) electrons. The van der Waals surface area contributed by atoms with Crippen LogP contribution in [-0.2, 0) is 4.74 Å². The van der Waals surface area contributed by atoms with Gasteiger partial charge in [0, 0.05) is 30.8 Å². The van der Waals surface area contributed by atoms with E-state index in [1.165, 1.54) is 0 Å². The number of halogens is 1. The van der Waals surface area contributed by atoms with Gasteiger partial charge in [-0.2, -0.15) is 0 Å². The standard InChI is InChI=1S/C15H17ClN2O3/c1-10-13(14(19)17-7-4-8-20-2)18-15(21-10)11-5-3-6-12(16)9-11/h3,5-6,9H,4,7-8H2,1-2H3,(H,17,19). The first kappa shape index (κ1) is 15.5. The van der Waals surface area contributed by atoms with Crippen LogP contribution in [0.15, 0.2) is 28.7 Å². The summed E-state index contributed by atoms with van der Waals surface area (Å²) in [5.41, 5.74) is 1.03. The smallest absolute Gasteiger partial charge is 0.273 e. The first-order valence-electron chi connectivity index (χ1n) is 6.62. The number of ether oxygens (including phenoxy) is 1. The van der Waals surface area contributed by atoms with Gasteiger partial charge in [0.05, 0.1) is 0 Å². The highest BCUT2D eigenvalue weighted by Crippen LogP contribution is 2.24. The number of oxazole rings is 1. The molecule has 1 N–H and O–H groups in total. The molecule has 5 nitrogen and oxygen atoms in total. The molecule has 1 aromatic carbocycles. The van der Waals surface area contributed by atoms with Gasteiger partial charge in [-0.25, -0.2) is 4.98 Å². The molecule has 0 bridgehead atoms. The van der Waals surface area contributed by atoms with Gasteiger partial charge in [-0.05, 0) is 31.5 Å². The van der Waals surface area contributed by atoms with Gasteiger partial charge < -0.3 is 14.5 Å². The number of hydrogen-bond donors (Lipinski definition) is 1. The summed E-state index contributed by atoms with van der Waals surface area (Å²) in [6, 6.07) is 7.15. The highest BCUT2D eigenvalue weighted by Gasteiger charge is 2.17. The van der Waals surface area contributed by atoms with Crippen molar-refractivity contribution in [3.8, 4) is 11.5 Å². The Morgan fingerprint density at radius 2 is 2.29 bits per heavy atom. The highest BCUT2D eigenvalue weighted by atomic mass is 35.5. The molecule has 0 atom stereocenters. The van der Waals surface area contributed by atoms with Crippen LogP contribution in [0.5, 0.6) is 0 Å². The Hall–Kier alpha value is -1.85. The monoisotopic (exact) mass is 308 g/mol. The zero-order valence-corrected chi connectivity index (χ0v) is 12.7. The van der Waals surface area contributed by atoms with Crippen molar-refractivity contribution in [3.63, 3.8) is 0 Å². The zero-order chi connectivity index (χ0) is 15.2. The molecule has 0 aliphatic heterocycles. The third kappa shape index (κ3) is 4.06. The fourth-order valence-electron chi connectivity index (χ4n) is 1.85. The molecule has 112 valence electrons. The number of aryl methyl sites for hydroxylation is 1. The van der Waals surface area contributed by atoms with Crippen LogP contribution < -0.4 is 5.32 Å². The van der Waals surface area contributed by atoms with E-state index in [9.17, 15) is 4.79 Å². The average Bonchev–Trinajstić information content (AvgIpc) is 2.85. The van der Waals surface area contributed by atoms with Crippen molar-refractivity contribution in [2.45, 2.75) is 13.3 Å². The Bertz CT molecular complexity index is 625. The van der Waals surface area contributed by atoms with E-state index in [-0.39, 0.29) is 5.91 Å². The Morgan fingerprint density at radius 1 is 1.48 bits per heavy atom. The minimum atomic E-state index is -0.249. The first-order chi connectivity index (χ1) is 10.1. The van der Waals surface area contributed by atoms with Gasteiger partial charge in [-0.1, -0.05) is 17.7 Å². The minimum absolute atomic E-state index is 0.249. The molecular weight excluding hydrogens is 292 g/mol. The van der Waals surface area contributed by atoms with Crippen LogP contribution in [0.1, 0.15) is 22.7 Å². The molecule has 1 heterocycles. The van der Waals surface area contributed by atoms with Crippen molar-refractivity contribution in [3.05, 3.63) is 40.7 Å². The quantitative estimate of drug-likeness (QED) is 0.833. The second-order valence-electron chi connectivity index (χ2n) is 4.54. The van der Waals surface area contributed by atoms with E-state index in [1.54, 1.807) is 26.2 Å². The minimum Gasteiger partial charge on any atom is -0.441 e. The van der Waals surface area contributed by atoms with Crippen LogP contribution in [-0.4, -0.2) is 31.2 Å². The number of methoxy groups -OCH3 is 1. The molecule has 2 aromatic rings. The largest absolute Gasteiger partial charge is 0.441 e. The molecule has 1 aromatic heterocycles. The van der Waals surface area contributed by atoms with E-state index < -0.39 is 0 Å². The van der Waals surface area contributed by atoms with Crippen molar-refractivity contribution in [2.24, 2.45) is 0 Å². The van der Waals surface area contributed by atoms with Gasteiger partial charge in [-0.3, -0.25) is 4.79 Å². The number of aromatic nitrogens is 1. The molecule has 1 amide bonds. The molecule has 0 saturated heterocycles. The Labute approximate surface area is 128 Å². The summed E-state index contributed by atoms with van der Waals surface area (Å²) in [7, 11) is 1.63. The van der Waals surface area contributed by atoms with Crippen LogP contribution in [0.25, 0.3) is 11.5 Å². The zero-order valence-electron chi connectivity index (χ0n) is 12.0. The van der Waals surface area contributed by atoms with Gasteiger partial charge in [0.15, 0.2) is 5.69 Å². The number of carbonyl (C=O) groups excluding carboxylic acids is 1. The van der Waals surface area contributed by atoms with Gasteiger partial charge in [-0.15, -0.1) is 0 Å². The van der Waals surface area contributed by atoms with Crippen molar-refractivity contribution < 1.29 is 13.9 Å². The van der Waals surface area contributed by atoms with E-state index in [0.717, 1.165) is 12.0 Å². The van der Waals surface area contributed by atoms with Crippen LogP contribution in [0, 0.1) is 6.92 Å². The average molecular weight is 309 g/mol. The Morgan fingerprint density at radius 3 is 3.00 bits per heavy atom. The van der Waals surface area contributed by atoms with Crippen LogP contribution >= 0.6 is 11.6 Å². The molecule has 2 rings (SSSR count).